The number of benzene rings is 4. The number of nitriles is 1. The Hall–Kier alpha value is -7.86. The van der Waals surface area contributed by atoms with E-state index in [1.54, 1.807) is 68.0 Å². The second-order valence-electron chi connectivity index (χ2n) is 17.1. The first kappa shape index (κ1) is 47.1. The van der Waals surface area contributed by atoms with Crippen LogP contribution in [0, 0.1) is 17.2 Å². The highest BCUT2D eigenvalue weighted by molar-refractivity contribution is 5.97. The lowest BCUT2D eigenvalue weighted by Gasteiger charge is -2.32. The van der Waals surface area contributed by atoms with Crippen LogP contribution in [0.4, 0.5) is 0 Å². The van der Waals surface area contributed by atoms with Crippen LogP contribution in [0.15, 0.2) is 114 Å². The fourth-order valence-corrected chi connectivity index (χ4v) is 7.95. The summed E-state index contributed by atoms with van der Waals surface area (Å²) >= 11 is 0. The Kier molecular flexibility index (Phi) is 15.4. The van der Waals surface area contributed by atoms with E-state index in [9.17, 15) is 34.7 Å². The van der Waals surface area contributed by atoms with Crippen LogP contribution in [0.3, 0.4) is 0 Å². The molecule has 1 saturated heterocycles. The molecule has 2 aromatic heterocycles. The lowest BCUT2D eigenvalue weighted by molar-refractivity contribution is -0.132. The molecule has 0 atom stereocenters. The molecule has 3 heterocycles. The van der Waals surface area contributed by atoms with Crippen molar-refractivity contribution in [2.24, 2.45) is 5.92 Å². The smallest absolute Gasteiger partial charge is 0.267 e. The van der Waals surface area contributed by atoms with E-state index < -0.39 is 0 Å². The first-order chi connectivity index (χ1) is 32.3. The second kappa shape index (κ2) is 21.9. The molecule has 4 aromatic carbocycles. The third-order valence-corrected chi connectivity index (χ3v) is 11.8. The van der Waals surface area contributed by atoms with Crippen molar-refractivity contribution in [2.45, 2.75) is 65.0 Å². The predicted molar refractivity (Wildman–Crippen MR) is 252 cm³/mol. The van der Waals surface area contributed by atoms with E-state index >= 15 is 0 Å². The second-order valence-corrected chi connectivity index (χ2v) is 17.1. The minimum atomic E-state index is -0.386. The standard InChI is InChI=1S/C52H54N8O7/c1-34(2)43-26-44(47(62)27-46(43)61)52(66)58(3)31-35-13-15-39(16-14-35)51(65)54-21-5-4-12-48(63)59-22-19-36(20-23-59)33-67-42-29-55-50(56-30-42)41-11-7-9-38(25-41)32-60-49(64)18-17-45(57-60)40-10-6-8-37(24-40)28-53/h6-11,13-18,24-27,29-30,34,36,61-62H,4-5,12,19-23,31-33H2,1-3H3,(H,54,65). The number of aromatic hydroxyl groups is 2. The van der Waals surface area contributed by atoms with Crippen molar-refractivity contribution in [1.29, 1.82) is 5.26 Å². The molecule has 3 N–H and O–H groups in total. The maximum absolute atomic E-state index is 13.1. The summed E-state index contributed by atoms with van der Waals surface area (Å²) < 4.78 is 7.45. The molecule has 0 aliphatic carbocycles. The molecule has 15 heteroatoms. The quantitative estimate of drug-likeness (QED) is 0.0775. The molecule has 1 fully saturated rings. The monoisotopic (exact) mass is 902 g/mol. The van der Waals surface area contributed by atoms with E-state index in [1.165, 1.54) is 27.8 Å². The highest BCUT2D eigenvalue weighted by Crippen LogP contribution is 2.33. The zero-order chi connectivity index (χ0) is 47.5. The minimum Gasteiger partial charge on any atom is -0.508 e. The molecule has 15 nitrogen and oxygen atoms in total. The summed E-state index contributed by atoms with van der Waals surface area (Å²) in [6, 6.07) is 29.7. The van der Waals surface area contributed by atoms with Crippen LogP contribution in [-0.4, -0.2) is 90.8 Å². The van der Waals surface area contributed by atoms with Crippen molar-refractivity contribution >= 4 is 17.7 Å². The number of nitrogens with zero attached hydrogens (tertiary/aromatic N) is 7. The Morgan fingerprint density at radius 3 is 2.34 bits per heavy atom. The third kappa shape index (κ3) is 12.3. The van der Waals surface area contributed by atoms with Crippen molar-refractivity contribution in [3.8, 4) is 46.0 Å². The summed E-state index contributed by atoms with van der Waals surface area (Å²) in [4.78, 5) is 64.1. The van der Waals surface area contributed by atoms with Gasteiger partial charge in [0.1, 0.15) is 11.5 Å². The van der Waals surface area contributed by atoms with Crippen molar-refractivity contribution < 1.29 is 29.3 Å². The number of phenolic OH excluding ortho intramolecular Hbond substituents is 2. The summed E-state index contributed by atoms with van der Waals surface area (Å²) in [6.07, 6.45) is 6.69. The van der Waals surface area contributed by atoms with Gasteiger partial charge in [-0.2, -0.15) is 10.4 Å². The largest absolute Gasteiger partial charge is 0.508 e. The zero-order valence-corrected chi connectivity index (χ0v) is 37.9. The molecule has 0 unspecified atom stereocenters. The SMILES string of the molecule is CC(C)c1cc(C(=O)N(C)Cc2ccc(C(=O)NCCCCC(=O)N3CCC(COc4cnc(-c5cccc(Cn6nc(-c7cccc(C#N)c7)ccc6=O)c5)nc4)CC3)cc2)c(O)cc1O. The molecule has 344 valence electrons. The lowest BCUT2D eigenvalue weighted by Crippen LogP contribution is -2.39. The Bertz CT molecular complexity index is 2810. The average Bonchev–Trinajstić information content (AvgIpc) is 3.34. The number of rotatable bonds is 17. The number of hydrogen-bond acceptors (Lipinski definition) is 11. The Morgan fingerprint density at radius 1 is 0.881 bits per heavy atom. The molecule has 7 rings (SSSR count). The number of ether oxygens (including phenoxy) is 1. The summed E-state index contributed by atoms with van der Waals surface area (Å²) in [6.45, 7) is 6.54. The van der Waals surface area contributed by atoms with E-state index in [0.29, 0.717) is 79.5 Å². The average molecular weight is 903 g/mol. The summed E-state index contributed by atoms with van der Waals surface area (Å²) in [5.74, 6) is 0.498. The van der Waals surface area contributed by atoms with Crippen LogP contribution in [0.5, 0.6) is 17.2 Å². The first-order valence-corrected chi connectivity index (χ1v) is 22.4. The third-order valence-electron chi connectivity index (χ3n) is 11.8. The molecule has 0 saturated carbocycles. The number of hydrogen-bond donors (Lipinski definition) is 3. The Labute approximate surface area is 389 Å². The zero-order valence-electron chi connectivity index (χ0n) is 37.9. The highest BCUT2D eigenvalue weighted by atomic mass is 16.5. The normalized spacial score (nSPS) is 12.7. The van der Waals surface area contributed by atoms with Gasteiger partial charge in [-0.1, -0.05) is 56.3 Å². The van der Waals surface area contributed by atoms with Crippen LogP contribution in [0.25, 0.3) is 22.6 Å². The van der Waals surface area contributed by atoms with Crippen LogP contribution in [-0.2, 0) is 17.9 Å². The van der Waals surface area contributed by atoms with Crippen molar-refractivity contribution in [2.75, 3.05) is 33.3 Å². The number of amides is 3. The van der Waals surface area contributed by atoms with Crippen molar-refractivity contribution in [1.82, 2.24) is 34.9 Å². The molecule has 0 bridgehead atoms. The van der Waals surface area contributed by atoms with Gasteiger partial charge in [0, 0.05) is 68.5 Å². The lowest BCUT2D eigenvalue weighted by atomic mass is 9.97. The molecule has 1 aliphatic rings. The van der Waals surface area contributed by atoms with Gasteiger partial charge in [-0.3, -0.25) is 19.2 Å². The number of carbonyl (C=O) groups is 3. The van der Waals surface area contributed by atoms with Gasteiger partial charge in [-0.15, -0.1) is 0 Å². The fourth-order valence-electron chi connectivity index (χ4n) is 7.95. The van der Waals surface area contributed by atoms with Gasteiger partial charge in [0.25, 0.3) is 17.4 Å². The molecule has 0 radical (unpaired) electrons. The summed E-state index contributed by atoms with van der Waals surface area (Å²) in [5, 5.41) is 37.2. The molecular formula is C52H54N8O7. The van der Waals surface area contributed by atoms with E-state index in [-0.39, 0.29) is 65.3 Å². The van der Waals surface area contributed by atoms with Crippen molar-refractivity contribution in [3.05, 3.63) is 153 Å². The van der Waals surface area contributed by atoms with Crippen LogP contribution in [0.1, 0.15) is 94.8 Å². The van der Waals surface area contributed by atoms with E-state index in [2.05, 4.69) is 26.5 Å². The number of likely N-dealkylation sites (tertiary alicyclic amines) is 1. The fraction of sp³-hybridized carbons (Fsp3) is 0.308. The Morgan fingerprint density at radius 2 is 1.61 bits per heavy atom. The van der Waals surface area contributed by atoms with Gasteiger partial charge in [-0.25, -0.2) is 14.6 Å². The number of carbonyl (C=O) groups excluding carboxylic acids is 3. The molecule has 67 heavy (non-hydrogen) atoms. The number of nitrogens with one attached hydrogen (secondary N) is 1. The number of phenols is 2. The van der Waals surface area contributed by atoms with Gasteiger partial charge in [0.2, 0.25) is 5.91 Å². The Balaban J connectivity index is 0.786. The number of piperidine rings is 1. The number of unbranched alkanes of at least 4 members (excludes halogenated alkanes) is 1. The highest BCUT2D eigenvalue weighted by Gasteiger charge is 2.24. The maximum Gasteiger partial charge on any atom is 0.267 e. The molecule has 3 amide bonds. The van der Waals surface area contributed by atoms with Gasteiger partial charge < -0.3 is 30.1 Å². The van der Waals surface area contributed by atoms with Gasteiger partial charge in [0.15, 0.2) is 11.6 Å². The van der Waals surface area contributed by atoms with E-state index in [1.807, 2.05) is 49.1 Å². The van der Waals surface area contributed by atoms with Gasteiger partial charge >= 0.3 is 0 Å². The summed E-state index contributed by atoms with van der Waals surface area (Å²) in [5.41, 5.74) is 5.23. The molecular weight excluding hydrogens is 849 g/mol. The van der Waals surface area contributed by atoms with Gasteiger partial charge in [-0.05, 0) is 96.7 Å². The van der Waals surface area contributed by atoms with E-state index in [0.717, 1.165) is 35.1 Å². The minimum absolute atomic E-state index is 0.0310. The summed E-state index contributed by atoms with van der Waals surface area (Å²) in [7, 11) is 1.63. The molecule has 6 aromatic rings. The van der Waals surface area contributed by atoms with Crippen LogP contribution in [0.2, 0.25) is 0 Å². The molecule has 0 spiro atoms. The first-order valence-electron chi connectivity index (χ1n) is 22.4. The maximum atomic E-state index is 13.1. The van der Waals surface area contributed by atoms with E-state index in [4.69, 9.17) is 4.74 Å². The predicted octanol–water partition coefficient (Wildman–Crippen LogP) is 7.31. The van der Waals surface area contributed by atoms with Crippen LogP contribution < -0.4 is 15.6 Å². The van der Waals surface area contributed by atoms with Crippen molar-refractivity contribution in [3.63, 3.8) is 0 Å². The topological polar surface area (TPSA) is 204 Å². The van der Waals surface area contributed by atoms with Crippen LogP contribution >= 0.6 is 0 Å². The van der Waals surface area contributed by atoms with Gasteiger partial charge in [0.05, 0.1) is 48.4 Å². The number of aromatic nitrogens is 4. The molecule has 1 aliphatic heterocycles.